The topological polar surface area (TPSA) is 62.3 Å². The lowest BCUT2D eigenvalue weighted by molar-refractivity contribution is -0.129. The van der Waals surface area contributed by atoms with Gasteiger partial charge in [0.15, 0.2) is 0 Å². The molecule has 6 heteroatoms. The minimum Gasteiger partial charge on any atom is -0.352 e. The van der Waals surface area contributed by atoms with Crippen molar-refractivity contribution in [3.63, 3.8) is 0 Å². The van der Waals surface area contributed by atoms with Crippen LogP contribution in [0.5, 0.6) is 0 Å². The van der Waals surface area contributed by atoms with E-state index in [0.29, 0.717) is 19.4 Å². The van der Waals surface area contributed by atoms with E-state index in [0.717, 1.165) is 21.7 Å². The summed E-state index contributed by atoms with van der Waals surface area (Å²) >= 11 is 1.58. The number of nitrogens with one attached hydrogen (secondary N) is 1. The molecule has 5 nitrogen and oxygen atoms in total. The summed E-state index contributed by atoms with van der Waals surface area (Å²) in [6.07, 6.45) is 4.37. The highest BCUT2D eigenvalue weighted by Gasteiger charge is 2.41. The summed E-state index contributed by atoms with van der Waals surface area (Å²) in [7, 11) is 0. The van der Waals surface area contributed by atoms with Crippen LogP contribution in [0.1, 0.15) is 34.9 Å². The van der Waals surface area contributed by atoms with E-state index < -0.39 is 0 Å². The van der Waals surface area contributed by atoms with Gasteiger partial charge in [-0.3, -0.25) is 14.6 Å². The molecule has 29 heavy (non-hydrogen) atoms. The second kappa shape index (κ2) is 8.57. The second-order valence-electron chi connectivity index (χ2n) is 7.28. The highest BCUT2D eigenvalue weighted by atomic mass is 32.1. The number of pyridine rings is 1. The number of nitrogens with zero attached hydrogens (tertiary/aromatic N) is 2. The molecule has 1 fully saturated rings. The summed E-state index contributed by atoms with van der Waals surface area (Å²) < 4.78 is 0. The van der Waals surface area contributed by atoms with Crippen molar-refractivity contribution >= 4 is 28.8 Å². The van der Waals surface area contributed by atoms with Gasteiger partial charge in [0, 0.05) is 35.9 Å². The third kappa shape index (κ3) is 4.22. The summed E-state index contributed by atoms with van der Waals surface area (Å²) in [5.41, 5.74) is 2.93. The maximum Gasteiger partial charge on any atom is 0.227 e. The van der Waals surface area contributed by atoms with E-state index in [2.05, 4.69) is 10.3 Å². The van der Waals surface area contributed by atoms with Crippen LogP contribution < -0.4 is 10.2 Å². The molecule has 0 spiro atoms. The number of hydrogen-bond donors (Lipinski definition) is 1. The van der Waals surface area contributed by atoms with Crippen molar-refractivity contribution in [3.05, 3.63) is 82.3 Å². The molecule has 0 unspecified atom stereocenters. The van der Waals surface area contributed by atoms with Gasteiger partial charge in [0.1, 0.15) is 0 Å². The van der Waals surface area contributed by atoms with E-state index in [1.165, 1.54) is 0 Å². The van der Waals surface area contributed by atoms with Crippen molar-refractivity contribution in [3.8, 4) is 0 Å². The number of thiophene rings is 1. The van der Waals surface area contributed by atoms with Gasteiger partial charge < -0.3 is 10.2 Å². The van der Waals surface area contributed by atoms with Gasteiger partial charge in [0.2, 0.25) is 11.8 Å². The lowest BCUT2D eigenvalue weighted by Gasteiger charge is -2.40. The number of aromatic nitrogens is 1. The lowest BCUT2D eigenvalue weighted by Crippen LogP contribution is -2.48. The van der Waals surface area contributed by atoms with Crippen molar-refractivity contribution in [2.24, 2.45) is 5.92 Å². The van der Waals surface area contributed by atoms with Gasteiger partial charge in [-0.1, -0.05) is 29.8 Å². The Balaban J connectivity index is 1.62. The second-order valence-corrected chi connectivity index (χ2v) is 8.26. The fraction of sp³-hybridized carbons (Fsp3) is 0.261. The standard InChI is InChI=1S/C23H23N3O2S/c1-16-6-8-18(9-7-16)26-21(27)11-10-19(22(26)20-5-3-13-29-20)23(28)25-15-17-4-2-12-24-14-17/h2-9,12-14,19,22H,10-11,15H2,1H3,(H,25,28)/t19-,22-/m1/s1. The molecule has 3 aromatic rings. The number of piperidine rings is 1. The van der Waals surface area contributed by atoms with Crippen molar-refractivity contribution in [2.45, 2.75) is 32.4 Å². The van der Waals surface area contributed by atoms with Gasteiger partial charge in [-0.2, -0.15) is 0 Å². The average molecular weight is 406 g/mol. The molecule has 1 aromatic carbocycles. The van der Waals surface area contributed by atoms with Crippen LogP contribution in [-0.4, -0.2) is 16.8 Å². The first-order valence-electron chi connectivity index (χ1n) is 9.72. The molecule has 2 atom stereocenters. The number of amides is 2. The van der Waals surface area contributed by atoms with Gasteiger partial charge in [-0.15, -0.1) is 11.3 Å². The first kappa shape index (κ1) is 19.3. The predicted octanol–water partition coefficient (Wildman–Crippen LogP) is 4.25. The zero-order valence-electron chi connectivity index (χ0n) is 16.2. The number of benzene rings is 1. The van der Waals surface area contributed by atoms with Gasteiger partial charge in [0.05, 0.1) is 12.0 Å². The van der Waals surface area contributed by atoms with Crippen molar-refractivity contribution in [2.75, 3.05) is 4.90 Å². The highest BCUT2D eigenvalue weighted by Crippen LogP contribution is 2.41. The van der Waals surface area contributed by atoms with Crippen LogP contribution >= 0.6 is 11.3 Å². The summed E-state index contributed by atoms with van der Waals surface area (Å²) in [6, 6.07) is 15.4. The monoisotopic (exact) mass is 405 g/mol. The van der Waals surface area contributed by atoms with Crippen LogP contribution in [0, 0.1) is 12.8 Å². The molecule has 4 rings (SSSR count). The average Bonchev–Trinajstić information content (AvgIpc) is 3.28. The van der Waals surface area contributed by atoms with E-state index in [1.807, 2.05) is 65.7 Å². The van der Waals surface area contributed by atoms with Crippen LogP contribution in [0.4, 0.5) is 5.69 Å². The maximum atomic E-state index is 13.1. The van der Waals surface area contributed by atoms with Crippen molar-refractivity contribution < 1.29 is 9.59 Å². The van der Waals surface area contributed by atoms with Crippen LogP contribution in [0.25, 0.3) is 0 Å². The molecular weight excluding hydrogens is 382 g/mol. The SMILES string of the molecule is Cc1ccc(N2C(=O)CC[C@@H](C(=O)NCc3cccnc3)[C@@H]2c2cccs2)cc1. The Bertz CT molecular complexity index is 971. The molecular formula is C23H23N3O2S. The normalized spacial score (nSPS) is 19.2. The summed E-state index contributed by atoms with van der Waals surface area (Å²) in [5, 5.41) is 5.04. The zero-order chi connectivity index (χ0) is 20.2. The van der Waals surface area contributed by atoms with Gasteiger partial charge in [0.25, 0.3) is 0 Å². The molecule has 1 aliphatic heterocycles. The number of hydrogen-bond acceptors (Lipinski definition) is 4. The Morgan fingerprint density at radius 1 is 1.21 bits per heavy atom. The van der Waals surface area contributed by atoms with Crippen molar-refractivity contribution in [1.29, 1.82) is 0 Å². The summed E-state index contributed by atoms with van der Waals surface area (Å²) in [5.74, 6) is -0.273. The highest BCUT2D eigenvalue weighted by molar-refractivity contribution is 7.10. The van der Waals surface area contributed by atoms with Gasteiger partial charge in [-0.25, -0.2) is 0 Å². The van der Waals surface area contributed by atoms with E-state index in [9.17, 15) is 9.59 Å². The third-order valence-corrected chi connectivity index (χ3v) is 6.21. The molecule has 2 amide bonds. The first-order chi connectivity index (χ1) is 14.1. The fourth-order valence-electron chi connectivity index (χ4n) is 3.78. The molecule has 148 valence electrons. The predicted molar refractivity (Wildman–Crippen MR) is 115 cm³/mol. The Kier molecular flexibility index (Phi) is 5.71. The van der Waals surface area contributed by atoms with Gasteiger partial charge in [-0.05, 0) is 48.6 Å². The molecule has 3 heterocycles. The quantitative estimate of drug-likeness (QED) is 0.690. The van der Waals surface area contributed by atoms with E-state index in [1.54, 1.807) is 23.7 Å². The molecule has 0 bridgehead atoms. The molecule has 1 saturated heterocycles. The maximum absolute atomic E-state index is 13.1. The third-order valence-electron chi connectivity index (χ3n) is 5.27. The van der Waals surface area contributed by atoms with Crippen LogP contribution in [0.15, 0.2) is 66.3 Å². The molecule has 0 saturated carbocycles. The molecule has 0 radical (unpaired) electrons. The fourth-order valence-corrected chi connectivity index (χ4v) is 4.67. The lowest BCUT2D eigenvalue weighted by atomic mass is 9.86. The van der Waals surface area contributed by atoms with E-state index in [4.69, 9.17) is 0 Å². The van der Waals surface area contributed by atoms with Crippen LogP contribution in [-0.2, 0) is 16.1 Å². The molecule has 1 aliphatic rings. The van der Waals surface area contributed by atoms with Crippen LogP contribution in [0.2, 0.25) is 0 Å². The Labute approximate surface area is 174 Å². The molecule has 1 N–H and O–H groups in total. The molecule has 0 aliphatic carbocycles. The van der Waals surface area contributed by atoms with E-state index in [-0.39, 0.29) is 23.8 Å². The number of carbonyl (C=O) groups excluding carboxylic acids is 2. The summed E-state index contributed by atoms with van der Waals surface area (Å²) in [6.45, 7) is 2.45. The van der Waals surface area contributed by atoms with Crippen LogP contribution in [0.3, 0.4) is 0 Å². The van der Waals surface area contributed by atoms with E-state index >= 15 is 0 Å². The largest absolute Gasteiger partial charge is 0.352 e. The van der Waals surface area contributed by atoms with Gasteiger partial charge >= 0.3 is 0 Å². The minimum atomic E-state index is -0.302. The minimum absolute atomic E-state index is 0.0307. The number of carbonyl (C=O) groups is 2. The van der Waals surface area contributed by atoms with Crippen molar-refractivity contribution in [1.82, 2.24) is 10.3 Å². The number of aryl methyl sites for hydroxylation is 1. The first-order valence-corrected chi connectivity index (χ1v) is 10.6. The Morgan fingerprint density at radius 2 is 2.03 bits per heavy atom. The Morgan fingerprint density at radius 3 is 2.72 bits per heavy atom. The number of anilines is 1. The number of rotatable bonds is 5. The smallest absolute Gasteiger partial charge is 0.227 e. The molecule has 2 aromatic heterocycles. The summed E-state index contributed by atoms with van der Waals surface area (Å²) in [4.78, 5) is 33.0. The zero-order valence-corrected chi connectivity index (χ0v) is 17.1. The Hall–Kier alpha value is -2.99.